The zero-order valence-corrected chi connectivity index (χ0v) is 7.16. The van der Waals surface area contributed by atoms with E-state index in [1.165, 1.54) is 29.7 Å². The molecule has 3 heteroatoms. The first-order chi connectivity index (χ1) is 5.42. The van der Waals surface area contributed by atoms with E-state index in [-0.39, 0.29) is 0 Å². The van der Waals surface area contributed by atoms with Crippen LogP contribution >= 0.6 is 11.3 Å². The highest BCUT2D eigenvalue weighted by Crippen LogP contribution is 2.32. The lowest BCUT2D eigenvalue weighted by atomic mass is 9.95. The summed E-state index contributed by atoms with van der Waals surface area (Å²) < 4.78 is 0. The average Bonchev–Trinajstić information content (AvgIpc) is 2.50. The Labute approximate surface area is 70.4 Å². The third-order valence-corrected chi connectivity index (χ3v) is 3.25. The summed E-state index contributed by atoms with van der Waals surface area (Å²) in [5.74, 6) is 5.43. The first kappa shape index (κ1) is 7.28. The summed E-state index contributed by atoms with van der Waals surface area (Å²) in [5, 5.41) is 2.15. The molecule has 1 aromatic heterocycles. The summed E-state index contributed by atoms with van der Waals surface area (Å²) in [5.41, 5.74) is 4.27. The van der Waals surface area contributed by atoms with Gasteiger partial charge in [-0.2, -0.15) is 0 Å². The molecule has 1 aliphatic carbocycles. The predicted molar refractivity (Wildman–Crippen MR) is 47.3 cm³/mol. The van der Waals surface area contributed by atoms with Gasteiger partial charge in [-0.1, -0.05) is 0 Å². The SMILES string of the molecule is NNC1CCCc2sccc21. The Kier molecular flexibility index (Phi) is 1.94. The number of thiophene rings is 1. The fourth-order valence-corrected chi connectivity index (χ4v) is 2.65. The number of nitrogens with two attached hydrogens (primary N) is 1. The van der Waals surface area contributed by atoms with Gasteiger partial charge in [0.25, 0.3) is 0 Å². The molecule has 0 saturated carbocycles. The lowest BCUT2D eigenvalue weighted by Crippen LogP contribution is -2.29. The van der Waals surface area contributed by atoms with E-state index in [2.05, 4.69) is 16.9 Å². The highest BCUT2D eigenvalue weighted by Gasteiger charge is 2.19. The minimum atomic E-state index is 0.407. The van der Waals surface area contributed by atoms with Crippen molar-refractivity contribution in [3.63, 3.8) is 0 Å². The summed E-state index contributed by atoms with van der Waals surface area (Å²) in [6.07, 6.45) is 3.69. The number of nitrogens with one attached hydrogen (secondary N) is 1. The van der Waals surface area contributed by atoms with Gasteiger partial charge in [0.15, 0.2) is 0 Å². The molecule has 0 aromatic carbocycles. The highest BCUT2D eigenvalue weighted by atomic mass is 32.1. The van der Waals surface area contributed by atoms with Gasteiger partial charge in [-0.05, 0) is 36.3 Å². The lowest BCUT2D eigenvalue weighted by Gasteiger charge is -2.21. The smallest absolute Gasteiger partial charge is 0.0471 e. The van der Waals surface area contributed by atoms with Crippen molar-refractivity contribution < 1.29 is 0 Å². The van der Waals surface area contributed by atoms with Crippen LogP contribution in [0.4, 0.5) is 0 Å². The van der Waals surface area contributed by atoms with Crippen molar-refractivity contribution in [1.29, 1.82) is 0 Å². The Hall–Kier alpha value is -0.380. The third-order valence-electron chi connectivity index (χ3n) is 2.25. The van der Waals surface area contributed by atoms with Crippen molar-refractivity contribution in [2.75, 3.05) is 0 Å². The topological polar surface area (TPSA) is 38.0 Å². The third kappa shape index (κ3) is 1.20. The quantitative estimate of drug-likeness (QED) is 0.493. The average molecular weight is 168 g/mol. The first-order valence-electron chi connectivity index (χ1n) is 3.94. The van der Waals surface area contributed by atoms with E-state index in [0.29, 0.717) is 6.04 Å². The number of rotatable bonds is 1. The van der Waals surface area contributed by atoms with Gasteiger partial charge < -0.3 is 0 Å². The molecule has 0 fully saturated rings. The normalized spacial score (nSPS) is 23.2. The van der Waals surface area contributed by atoms with Crippen LogP contribution in [0, 0.1) is 0 Å². The van der Waals surface area contributed by atoms with E-state index in [0.717, 1.165) is 0 Å². The molecule has 1 heterocycles. The summed E-state index contributed by atoms with van der Waals surface area (Å²) in [4.78, 5) is 1.51. The Morgan fingerprint density at radius 3 is 3.36 bits per heavy atom. The van der Waals surface area contributed by atoms with Crippen LogP contribution in [0.25, 0.3) is 0 Å². The zero-order valence-electron chi connectivity index (χ0n) is 6.34. The number of hydrogen-bond acceptors (Lipinski definition) is 3. The molecule has 60 valence electrons. The standard InChI is InChI=1S/C8H12N2S/c9-10-7-2-1-3-8-6(7)4-5-11-8/h4-5,7,10H,1-3,9H2. The molecule has 0 spiro atoms. The van der Waals surface area contributed by atoms with Gasteiger partial charge in [0.1, 0.15) is 0 Å². The molecule has 1 aromatic rings. The molecule has 1 atom stereocenters. The number of aryl methyl sites for hydroxylation is 1. The van der Waals surface area contributed by atoms with Gasteiger partial charge in [-0.15, -0.1) is 11.3 Å². The minimum absolute atomic E-state index is 0.407. The molecular weight excluding hydrogens is 156 g/mol. The molecule has 2 nitrogen and oxygen atoms in total. The zero-order chi connectivity index (χ0) is 7.68. The molecule has 1 unspecified atom stereocenters. The fraction of sp³-hybridized carbons (Fsp3) is 0.500. The van der Waals surface area contributed by atoms with Crippen molar-refractivity contribution in [1.82, 2.24) is 5.43 Å². The molecule has 0 saturated heterocycles. The maximum Gasteiger partial charge on any atom is 0.0471 e. The number of hydrazine groups is 1. The molecule has 0 amide bonds. The molecule has 2 rings (SSSR count). The van der Waals surface area contributed by atoms with Gasteiger partial charge in [0, 0.05) is 10.9 Å². The Bertz CT molecular complexity index is 244. The van der Waals surface area contributed by atoms with E-state index >= 15 is 0 Å². The van der Waals surface area contributed by atoms with Crippen molar-refractivity contribution >= 4 is 11.3 Å². The van der Waals surface area contributed by atoms with Crippen LogP contribution in [0.2, 0.25) is 0 Å². The summed E-state index contributed by atoms with van der Waals surface area (Å²) in [7, 11) is 0. The summed E-state index contributed by atoms with van der Waals surface area (Å²) >= 11 is 1.85. The molecule has 11 heavy (non-hydrogen) atoms. The largest absolute Gasteiger partial charge is 0.271 e. The van der Waals surface area contributed by atoms with Crippen LogP contribution in [0.1, 0.15) is 29.3 Å². The van der Waals surface area contributed by atoms with Gasteiger partial charge in [0.05, 0.1) is 0 Å². The summed E-state index contributed by atoms with van der Waals surface area (Å²) in [6.45, 7) is 0. The van der Waals surface area contributed by atoms with Crippen LogP contribution in [0.5, 0.6) is 0 Å². The Morgan fingerprint density at radius 2 is 2.55 bits per heavy atom. The molecule has 0 bridgehead atoms. The Morgan fingerprint density at radius 1 is 1.64 bits per heavy atom. The monoisotopic (exact) mass is 168 g/mol. The van der Waals surface area contributed by atoms with Gasteiger partial charge >= 0.3 is 0 Å². The number of hydrogen-bond donors (Lipinski definition) is 2. The molecule has 0 radical (unpaired) electrons. The van der Waals surface area contributed by atoms with Gasteiger partial charge in [-0.25, -0.2) is 0 Å². The van der Waals surface area contributed by atoms with E-state index in [9.17, 15) is 0 Å². The van der Waals surface area contributed by atoms with Crippen LogP contribution in [-0.4, -0.2) is 0 Å². The van der Waals surface area contributed by atoms with Gasteiger partial charge in [-0.3, -0.25) is 11.3 Å². The van der Waals surface area contributed by atoms with E-state index < -0.39 is 0 Å². The second-order valence-corrected chi connectivity index (χ2v) is 3.91. The van der Waals surface area contributed by atoms with Crippen LogP contribution in [0.15, 0.2) is 11.4 Å². The maximum absolute atomic E-state index is 5.43. The number of fused-ring (bicyclic) bond motifs is 1. The van der Waals surface area contributed by atoms with Crippen molar-refractivity contribution in [2.45, 2.75) is 25.3 Å². The van der Waals surface area contributed by atoms with Crippen molar-refractivity contribution in [3.05, 3.63) is 21.9 Å². The first-order valence-corrected chi connectivity index (χ1v) is 4.82. The van der Waals surface area contributed by atoms with E-state index in [4.69, 9.17) is 5.84 Å². The van der Waals surface area contributed by atoms with Crippen LogP contribution in [-0.2, 0) is 6.42 Å². The van der Waals surface area contributed by atoms with Crippen molar-refractivity contribution in [2.24, 2.45) is 5.84 Å². The second-order valence-electron chi connectivity index (χ2n) is 2.91. The van der Waals surface area contributed by atoms with Crippen LogP contribution < -0.4 is 11.3 Å². The predicted octanol–water partition coefficient (Wildman–Crippen LogP) is 1.59. The van der Waals surface area contributed by atoms with E-state index in [1.807, 2.05) is 11.3 Å². The fourth-order valence-electron chi connectivity index (χ4n) is 1.66. The van der Waals surface area contributed by atoms with E-state index in [1.54, 1.807) is 0 Å². The Balaban J connectivity index is 2.32. The second kappa shape index (κ2) is 2.93. The van der Waals surface area contributed by atoms with Gasteiger partial charge in [0.2, 0.25) is 0 Å². The van der Waals surface area contributed by atoms with Crippen LogP contribution in [0.3, 0.4) is 0 Å². The summed E-state index contributed by atoms with van der Waals surface area (Å²) in [6, 6.07) is 2.59. The molecular formula is C8H12N2S. The molecule has 1 aliphatic rings. The van der Waals surface area contributed by atoms with Crippen molar-refractivity contribution in [3.8, 4) is 0 Å². The molecule has 0 aliphatic heterocycles. The maximum atomic E-state index is 5.43. The minimum Gasteiger partial charge on any atom is -0.271 e. The highest BCUT2D eigenvalue weighted by molar-refractivity contribution is 7.10. The lowest BCUT2D eigenvalue weighted by molar-refractivity contribution is 0.476. The molecule has 3 N–H and O–H groups in total.